The molecule has 0 heterocycles. The average molecular weight is 338 g/mol. The first-order chi connectivity index (χ1) is 11.6. The van der Waals surface area contributed by atoms with Gasteiger partial charge in [0.15, 0.2) is 0 Å². The third-order valence-electron chi connectivity index (χ3n) is 4.48. The predicted molar refractivity (Wildman–Crippen MR) is 99.3 cm³/mol. The third-order valence-corrected chi connectivity index (χ3v) is 4.48. The molecule has 138 valence electrons. The van der Waals surface area contributed by atoms with Crippen LogP contribution < -0.4 is 10.5 Å². The fourth-order valence-electron chi connectivity index (χ4n) is 2.60. The Balaban J connectivity index is 2.18. The van der Waals surface area contributed by atoms with Gasteiger partial charge in [-0.1, -0.05) is 57.6 Å². The summed E-state index contributed by atoms with van der Waals surface area (Å²) in [5.74, 6) is 0.896. The Morgan fingerprint density at radius 1 is 0.917 bits per heavy atom. The number of benzene rings is 1. The van der Waals surface area contributed by atoms with Crippen LogP contribution in [0.1, 0.15) is 63.9 Å². The summed E-state index contributed by atoms with van der Waals surface area (Å²) in [7, 11) is 0. The van der Waals surface area contributed by atoms with Gasteiger partial charge in [-0.25, -0.2) is 0 Å². The quantitative estimate of drug-likeness (QED) is 0.455. The molecule has 0 atom stereocenters. The zero-order valence-electron chi connectivity index (χ0n) is 15.2. The lowest BCUT2D eigenvalue weighted by Gasteiger charge is -2.24. The zero-order chi connectivity index (χ0) is 17.7. The summed E-state index contributed by atoms with van der Waals surface area (Å²) in [5.41, 5.74) is 6.12. The maximum atomic E-state index is 9.20. The molecule has 0 fully saturated rings. The van der Waals surface area contributed by atoms with Crippen LogP contribution in [0.15, 0.2) is 24.3 Å². The Labute approximate surface area is 147 Å². The van der Waals surface area contributed by atoms with E-state index in [1.54, 1.807) is 0 Å². The molecule has 0 aromatic heterocycles. The van der Waals surface area contributed by atoms with E-state index in [0.717, 1.165) is 30.8 Å². The van der Waals surface area contributed by atoms with Gasteiger partial charge in [0.1, 0.15) is 5.75 Å². The van der Waals surface area contributed by atoms with Gasteiger partial charge in [-0.3, -0.25) is 0 Å². The van der Waals surface area contributed by atoms with Crippen molar-refractivity contribution in [2.24, 2.45) is 5.73 Å². The van der Waals surface area contributed by atoms with Gasteiger partial charge in [0.2, 0.25) is 0 Å². The predicted octanol–water partition coefficient (Wildman–Crippen LogP) is 3.43. The molecule has 0 aliphatic heterocycles. The van der Waals surface area contributed by atoms with Crippen LogP contribution >= 0.6 is 0 Å². The van der Waals surface area contributed by atoms with Crippen molar-refractivity contribution < 1.29 is 14.9 Å². The SMILES string of the molecule is CCCCCCCCCOc1ccc(CCC(N)(CO)CO)cc1. The fraction of sp³-hybridized carbons (Fsp3) is 0.700. The van der Waals surface area contributed by atoms with Gasteiger partial charge in [-0.2, -0.15) is 0 Å². The largest absolute Gasteiger partial charge is 0.494 e. The highest BCUT2D eigenvalue weighted by Crippen LogP contribution is 2.17. The number of aliphatic hydroxyl groups is 2. The first-order valence-electron chi connectivity index (χ1n) is 9.36. The molecule has 24 heavy (non-hydrogen) atoms. The Hall–Kier alpha value is -1.10. The van der Waals surface area contributed by atoms with Crippen molar-refractivity contribution in [1.82, 2.24) is 0 Å². The molecule has 1 rings (SSSR count). The van der Waals surface area contributed by atoms with Crippen molar-refractivity contribution in [3.63, 3.8) is 0 Å². The van der Waals surface area contributed by atoms with Gasteiger partial charge in [0, 0.05) is 0 Å². The number of aliphatic hydroxyl groups excluding tert-OH is 2. The zero-order valence-corrected chi connectivity index (χ0v) is 15.2. The van der Waals surface area contributed by atoms with Crippen LogP contribution in [0.4, 0.5) is 0 Å². The van der Waals surface area contributed by atoms with E-state index in [2.05, 4.69) is 6.92 Å². The van der Waals surface area contributed by atoms with Crippen LogP contribution in [-0.2, 0) is 6.42 Å². The smallest absolute Gasteiger partial charge is 0.119 e. The minimum atomic E-state index is -0.897. The molecule has 0 saturated carbocycles. The van der Waals surface area contributed by atoms with Gasteiger partial charge in [-0.15, -0.1) is 0 Å². The van der Waals surface area contributed by atoms with Crippen molar-refractivity contribution in [3.05, 3.63) is 29.8 Å². The number of nitrogens with two attached hydrogens (primary N) is 1. The van der Waals surface area contributed by atoms with Crippen molar-refractivity contribution in [3.8, 4) is 5.75 Å². The average Bonchev–Trinajstić information content (AvgIpc) is 2.63. The number of unbranched alkanes of at least 4 members (excludes halogenated alkanes) is 6. The molecule has 0 saturated heterocycles. The Morgan fingerprint density at radius 2 is 1.50 bits per heavy atom. The van der Waals surface area contributed by atoms with Crippen molar-refractivity contribution in [1.29, 1.82) is 0 Å². The highest BCUT2D eigenvalue weighted by molar-refractivity contribution is 5.27. The monoisotopic (exact) mass is 337 g/mol. The molecule has 0 unspecified atom stereocenters. The Kier molecular flexibility index (Phi) is 10.7. The molecular formula is C20H35NO3. The number of hydrogen-bond donors (Lipinski definition) is 3. The highest BCUT2D eigenvalue weighted by Gasteiger charge is 2.22. The maximum Gasteiger partial charge on any atom is 0.119 e. The molecule has 0 bridgehead atoms. The molecule has 1 aromatic rings. The van der Waals surface area contributed by atoms with E-state index in [1.165, 1.54) is 38.5 Å². The van der Waals surface area contributed by atoms with Crippen LogP contribution in [0.3, 0.4) is 0 Å². The van der Waals surface area contributed by atoms with Gasteiger partial charge in [-0.05, 0) is 37.0 Å². The van der Waals surface area contributed by atoms with Crippen LogP contribution in [0.2, 0.25) is 0 Å². The van der Waals surface area contributed by atoms with Crippen molar-refractivity contribution >= 4 is 0 Å². The molecule has 1 aromatic carbocycles. The van der Waals surface area contributed by atoms with Crippen LogP contribution in [0.5, 0.6) is 5.75 Å². The normalized spacial score (nSPS) is 11.7. The van der Waals surface area contributed by atoms with Crippen LogP contribution in [0, 0.1) is 0 Å². The van der Waals surface area contributed by atoms with Crippen LogP contribution in [-0.4, -0.2) is 35.6 Å². The Bertz CT molecular complexity index is 415. The number of hydrogen-bond acceptors (Lipinski definition) is 4. The van der Waals surface area contributed by atoms with E-state index in [9.17, 15) is 10.2 Å². The molecule has 4 heteroatoms. The van der Waals surface area contributed by atoms with Crippen molar-refractivity contribution in [2.45, 2.75) is 70.3 Å². The molecule has 0 amide bonds. The summed E-state index contributed by atoms with van der Waals surface area (Å²) in [6, 6.07) is 8.00. The minimum absolute atomic E-state index is 0.205. The van der Waals surface area contributed by atoms with Gasteiger partial charge in [0.25, 0.3) is 0 Å². The van der Waals surface area contributed by atoms with E-state index in [1.807, 2.05) is 24.3 Å². The van der Waals surface area contributed by atoms with Gasteiger partial charge < -0.3 is 20.7 Å². The lowest BCUT2D eigenvalue weighted by atomic mass is 9.94. The summed E-state index contributed by atoms with van der Waals surface area (Å²) in [6.45, 7) is 2.60. The fourth-order valence-corrected chi connectivity index (χ4v) is 2.60. The van der Waals surface area contributed by atoms with E-state index in [0.29, 0.717) is 6.42 Å². The minimum Gasteiger partial charge on any atom is -0.494 e. The lowest BCUT2D eigenvalue weighted by Crippen LogP contribution is -2.47. The lowest BCUT2D eigenvalue weighted by molar-refractivity contribution is 0.115. The first kappa shape index (κ1) is 20.9. The highest BCUT2D eigenvalue weighted by atomic mass is 16.5. The first-order valence-corrected chi connectivity index (χ1v) is 9.36. The van der Waals surface area contributed by atoms with Gasteiger partial charge in [0.05, 0.1) is 25.4 Å². The number of ether oxygens (including phenoxy) is 1. The third kappa shape index (κ3) is 8.67. The van der Waals surface area contributed by atoms with E-state index in [-0.39, 0.29) is 13.2 Å². The molecular weight excluding hydrogens is 302 g/mol. The van der Waals surface area contributed by atoms with E-state index in [4.69, 9.17) is 10.5 Å². The number of aryl methyl sites for hydroxylation is 1. The van der Waals surface area contributed by atoms with E-state index >= 15 is 0 Å². The topological polar surface area (TPSA) is 75.7 Å². The molecule has 4 nitrogen and oxygen atoms in total. The summed E-state index contributed by atoms with van der Waals surface area (Å²) >= 11 is 0. The summed E-state index contributed by atoms with van der Waals surface area (Å²) in [6.07, 6.45) is 10.3. The summed E-state index contributed by atoms with van der Waals surface area (Å²) in [5, 5.41) is 18.4. The molecule has 0 spiro atoms. The second kappa shape index (κ2) is 12.3. The molecule has 0 aliphatic carbocycles. The molecule has 0 radical (unpaired) electrons. The molecule has 4 N–H and O–H groups in total. The standard InChI is InChI=1S/C20H35NO3/c1-2-3-4-5-6-7-8-15-24-19-11-9-18(10-12-19)13-14-20(21,16-22)17-23/h9-12,22-23H,2-8,13-17,21H2,1H3. The second-order valence-electron chi connectivity index (χ2n) is 6.79. The Morgan fingerprint density at radius 3 is 2.08 bits per heavy atom. The summed E-state index contributed by atoms with van der Waals surface area (Å²) < 4.78 is 5.77. The van der Waals surface area contributed by atoms with E-state index < -0.39 is 5.54 Å². The second-order valence-corrected chi connectivity index (χ2v) is 6.79. The van der Waals surface area contributed by atoms with Gasteiger partial charge >= 0.3 is 0 Å². The van der Waals surface area contributed by atoms with Crippen molar-refractivity contribution in [2.75, 3.05) is 19.8 Å². The van der Waals surface area contributed by atoms with Crippen LogP contribution in [0.25, 0.3) is 0 Å². The molecule has 0 aliphatic rings. The maximum absolute atomic E-state index is 9.20. The summed E-state index contributed by atoms with van der Waals surface area (Å²) in [4.78, 5) is 0. The number of rotatable bonds is 14.